The van der Waals surface area contributed by atoms with Crippen molar-refractivity contribution in [1.82, 2.24) is 4.98 Å². The quantitative estimate of drug-likeness (QED) is 0.648. The van der Waals surface area contributed by atoms with Crippen LogP contribution in [0.1, 0.15) is 11.3 Å². The monoisotopic (exact) mass is 383 g/mol. The van der Waals surface area contributed by atoms with E-state index in [9.17, 15) is 5.26 Å². The number of nitriles is 1. The number of anilines is 1. The van der Waals surface area contributed by atoms with Gasteiger partial charge < -0.3 is 10.5 Å². The fraction of sp³-hybridized carbons (Fsp3) is 0.100. The van der Waals surface area contributed by atoms with Crippen LogP contribution in [0.2, 0.25) is 10.0 Å². The van der Waals surface area contributed by atoms with Crippen molar-refractivity contribution < 1.29 is 4.74 Å². The summed E-state index contributed by atoms with van der Waals surface area (Å²) in [6, 6.07) is 15.0. The van der Waals surface area contributed by atoms with Crippen LogP contribution in [0.15, 0.2) is 42.5 Å². The number of methoxy groups -OCH3 is 1. The zero-order valence-corrected chi connectivity index (χ0v) is 15.7. The average Bonchev–Trinajstić information content (AvgIpc) is 2.63. The Bertz CT molecular complexity index is 1040. The third kappa shape index (κ3) is 2.96. The molecule has 1 heterocycles. The molecule has 0 fully saturated rings. The lowest BCUT2D eigenvalue weighted by Crippen LogP contribution is -2.04. The van der Waals surface area contributed by atoms with E-state index in [1.54, 1.807) is 19.2 Å². The summed E-state index contributed by atoms with van der Waals surface area (Å²) < 4.78 is 5.50. The Morgan fingerprint density at radius 2 is 1.73 bits per heavy atom. The van der Waals surface area contributed by atoms with Gasteiger partial charge in [-0.05, 0) is 19.1 Å². The molecule has 0 aliphatic rings. The standard InChI is InChI=1S/C20H15Cl2N3O/c1-11-17(12-6-3-4-9-16(12)26-2)18(14(10-23)20(24)25-11)13-7-5-8-15(21)19(13)22/h3-9H,1-2H3,(H2,24,25). The molecule has 0 spiro atoms. The topological polar surface area (TPSA) is 71.9 Å². The number of ether oxygens (including phenoxy) is 1. The van der Waals surface area contributed by atoms with Crippen LogP contribution < -0.4 is 10.5 Å². The van der Waals surface area contributed by atoms with Crippen molar-refractivity contribution in [3.8, 4) is 34.1 Å². The van der Waals surface area contributed by atoms with Gasteiger partial charge in [-0.2, -0.15) is 5.26 Å². The van der Waals surface area contributed by atoms with Gasteiger partial charge in [-0.3, -0.25) is 0 Å². The average molecular weight is 384 g/mol. The van der Waals surface area contributed by atoms with Crippen molar-refractivity contribution in [2.75, 3.05) is 12.8 Å². The van der Waals surface area contributed by atoms with Crippen LogP contribution in [-0.4, -0.2) is 12.1 Å². The molecule has 0 aliphatic heterocycles. The van der Waals surface area contributed by atoms with E-state index < -0.39 is 0 Å². The van der Waals surface area contributed by atoms with Crippen LogP contribution in [-0.2, 0) is 0 Å². The Kier molecular flexibility index (Phi) is 5.03. The molecule has 2 N–H and O–H groups in total. The predicted molar refractivity (Wildman–Crippen MR) is 106 cm³/mol. The highest BCUT2D eigenvalue weighted by Gasteiger charge is 2.23. The van der Waals surface area contributed by atoms with Gasteiger partial charge in [0.15, 0.2) is 0 Å². The van der Waals surface area contributed by atoms with Crippen molar-refractivity contribution >= 4 is 29.0 Å². The molecule has 6 heteroatoms. The molecule has 0 bridgehead atoms. The SMILES string of the molecule is COc1ccccc1-c1c(C)nc(N)c(C#N)c1-c1cccc(Cl)c1Cl. The molecule has 0 atom stereocenters. The first-order chi connectivity index (χ1) is 12.5. The Hall–Kier alpha value is -2.74. The lowest BCUT2D eigenvalue weighted by molar-refractivity contribution is 0.416. The van der Waals surface area contributed by atoms with Crippen LogP contribution in [0.25, 0.3) is 22.3 Å². The number of aryl methyl sites for hydroxylation is 1. The Balaban J connectivity index is 2.50. The molecule has 0 radical (unpaired) electrons. The fourth-order valence-corrected chi connectivity index (χ4v) is 3.38. The molecule has 0 amide bonds. The Morgan fingerprint density at radius 1 is 1.04 bits per heavy atom. The van der Waals surface area contributed by atoms with Crippen LogP contribution in [0.4, 0.5) is 5.82 Å². The van der Waals surface area contributed by atoms with E-state index >= 15 is 0 Å². The van der Waals surface area contributed by atoms with Gasteiger partial charge in [0, 0.05) is 27.9 Å². The first-order valence-corrected chi connectivity index (χ1v) is 8.53. The minimum Gasteiger partial charge on any atom is -0.496 e. The number of pyridine rings is 1. The van der Waals surface area contributed by atoms with Crippen molar-refractivity contribution in [3.05, 3.63) is 63.8 Å². The van der Waals surface area contributed by atoms with Gasteiger partial charge in [0.25, 0.3) is 0 Å². The zero-order chi connectivity index (χ0) is 18.8. The number of halogens is 2. The molecule has 1 aromatic heterocycles. The lowest BCUT2D eigenvalue weighted by Gasteiger charge is -2.19. The highest BCUT2D eigenvalue weighted by atomic mass is 35.5. The summed E-state index contributed by atoms with van der Waals surface area (Å²) in [4.78, 5) is 4.36. The van der Waals surface area contributed by atoms with Gasteiger partial charge in [0.1, 0.15) is 23.2 Å². The zero-order valence-electron chi connectivity index (χ0n) is 14.2. The minimum absolute atomic E-state index is 0.148. The van der Waals surface area contributed by atoms with Crippen LogP contribution in [0.3, 0.4) is 0 Å². The first kappa shape index (κ1) is 18.1. The molecule has 2 aromatic carbocycles. The van der Waals surface area contributed by atoms with E-state index in [1.807, 2.05) is 37.3 Å². The molecule has 130 valence electrons. The maximum Gasteiger partial charge on any atom is 0.142 e. The third-order valence-corrected chi connectivity index (χ3v) is 4.93. The maximum absolute atomic E-state index is 9.73. The first-order valence-electron chi connectivity index (χ1n) is 7.77. The van der Waals surface area contributed by atoms with Gasteiger partial charge in [0.2, 0.25) is 0 Å². The molecule has 0 unspecified atom stereocenters. The van der Waals surface area contributed by atoms with Crippen LogP contribution in [0.5, 0.6) is 5.75 Å². The molecule has 26 heavy (non-hydrogen) atoms. The summed E-state index contributed by atoms with van der Waals surface area (Å²) in [5, 5.41) is 10.5. The van der Waals surface area contributed by atoms with Crippen molar-refractivity contribution in [1.29, 1.82) is 5.26 Å². The van der Waals surface area contributed by atoms with E-state index in [0.29, 0.717) is 32.6 Å². The molecule has 3 aromatic rings. The highest BCUT2D eigenvalue weighted by molar-refractivity contribution is 6.43. The molecule has 0 saturated carbocycles. The second-order valence-corrected chi connectivity index (χ2v) is 6.41. The summed E-state index contributed by atoms with van der Waals surface area (Å²) in [5.74, 6) is 0.806. The van der Waals surface area contributed by atoms with Crippen molar-refractivity contribution in [2.24, 2.45) is 0 Å². The smallest absolute Gasteiger partial charge is 0.142 e. The number of para-hydroxylation sites is 1. The van der Waals surface area contributed by atoms with E-state index in [0.717, 1.165) is 11.1 Å². The largest absolute Gasteiger partial charge is 0.496 e. The summed E-state index contributed by atoms with van der Waals surface area (Å²) in [5.41, 5.74) is 9.69. The minimum atomic E-state index is 0.148. The summed E-state index contributed by atoms with van der Waals surface area (Å²) in [7, 11) is 1.59. The summed E-state index contributed by atoms with van der Waals surface area (Å²) in [6.07, 6.45) is 0. The number of benzene rings is 2. The number of nitrogens with zero attached hydrogens (tertiary/aromatic N) is 2. The Labute approximate surface area is 161 Å². The third-order valence-electron chi connectivity index (χ3n) is 4.12. The highest BCUT2D eigenvalue weighted by Crippen LogP contribution is 2.45. The van der Waals surface area contributed by atoms with E-state index in [-0.39, 0.29) is 11.4 Å². The number of nitrogen functional groups attached to an aromatic ring is 1. The van der Waals surface area contributed by atoms with E-state index in [4.69, 9.17) is 33.7 Å². The second kappa shape index (κ2) is 7.25. The van der Waals surface area contributed by atoms with Crippen LogP contribution >= 0.6 is 23.2 Å². The van der Waals surface area contributed by atoms with Gasteiger partial charge in [-0.1, -0.05) is 53.5 Å². The van der Waals surface area contributed by atoms with Crippen molar-refractivity contribution in [3.63, 3.8) is 0 Å². The summed E-state index contributed by atoms with van der Waals surface area (Å²) >= 11 is 12.7. The number of hydrogen-bond donors (Lipinski definition) is 1. The van der Waals surface area contributed by atoms with Gasteiger partial charge >= 0.3 is 0 Å². The fourth-order valence-electron chi connectivity index (χ4n) is 2.99. The molecular formula is C20H15Cl2N3O. The lowest BCUT2D eigenvalue weighted by atomic mass is 9.89. The summed E-state index contributed by atoms with van der Waals surface area (Å²) in [6.45, 7) is 1.83. The number of aromatic nitrogens is 1. The van der Waals surface area contributed by atoms with E-state index in [1.165, 1.54) is 0 Å². The molecule has 3 rings (SSSR count). The van der Waals surface area contributed by atoms with Gasteiger partial charge in [-0.15, -0.1) is 0 Å². The van der Waals surface area contributed by atoms with E-state index in [2.05, 4.69) is 11.1 Å². The number of rotatable bonds is 3. The maximum atomic E-state index is 9.73. The van der Waals surface area contributed by atoms with Crippen LogP contribution in [0, 0.1) is 18.3 Å². The van der Waals surface area contributed by atoms with Crippen molar-refractivity contribution in [2.45, 2.75) is 6.92 Å². The molecule has 0 aliphatic carbocycles. The normalized spacial score (nSPS) is 10.4. The predicted octanol–water partition coefficient (Wildman–Crippen LogP) is 5.49. The molecule has 0 saturated heterocycles. The molecular weight excluding hydrogens is 369 g/mol. The second-order valence-electron chi connectivity index (χ2n) is 5.62. The molecule has 4 nitrogen and oxygen atoms in total. The number of nitrogens with two attached hydrogens (primary N) is 1. The van der Waals surface area contributed by atoms with Gasteiger partial charge in [-0.25, -0.2) is 4.98 Å². The van der Waals surface area contributed by atoms with Gasteiger partial charge in [0.05, 0.1) is 17.2 Å². The number of hydrogen-bond acceptors (Lipinski definition) is 4. The Morgan fingerprint density at radius 3 is 2.42 bits per heavy atom.